The first-order valence-corrected chi connectivity index (χ1v) is 7.88. The van der Waals surface area contributed by atoms with Crippen LogP contribution in [0.2, 0.25) is 0 Å². The number of thioether (sulfide) groups is 1. The Morgan fingerprint density at radius 3 is 2.72 bits per heavy atom. The van der Waals surface area contributed by atoms with E-state index in [0.717, 1.165) is 16.8 Å². The van der Waals surface area contributed by atoms with Gasteiger partial charge in [-0.2, -0.15) is 0 Å². The predicted octanol–water partition coefficient (Wildman–Crippen LogP) is 4.46. The Morgan fingerprint density at radius 1 is 1.33 bits per heavy atom. The van der Waals surface area contributed by atoms with Crippen LogP contribution in [0, 0.1) is 0 Å². The van der Waals surface area contributed by atoms with Crippen LogP contribution in [-0.4, -0.2) is 12.8 Å². The summed E-state index contributed by atoms with van der Waals surface area (Å²) in [6.45, 7) is 2.99. The fraction of sp³-hybridized carbons (Fsp3) is 0.286. The Kier molecular flexibility index (Phi) is 4.92. The molecule has 0 saturated carbocycles. The van der Waals surface area contributed by atoms with Gasteiger partial charge in [0.15, 0.2) is 0 Å². The summed E-state index contributed by atoms with van der Waals surface area (Å²) < 4.78 is 6.62. The van der Waals surface area contributed by atoms with E-state index in [1.165, 1.54) is 10.5 Å². The molecule has 96 valence electrons. The average Bonchev–Trinajstić information content (AvgIpc) is 2.82. The maximum atomic E-state index is 5.61. The van der Waals surface area contributed by atoms with Gasteiger partial charge in [0.1, 0.15) is 5.76 Å². The van der Waals surface area contributed by atoms with Gasteiger partial charge in [-0.3, -0.25) is 0 Å². The molecule has 2 rings (SSSR count). The first-order valence-electron chi connectivity index (χ1n) is 5.87. The molecule has 2 aromatic rings. The maximum absolute atomic E-state index is 5.61. The van der Waals surface area contributed by atoms with Gasteiger partial charge in [0.2, 0.25) is 0 Å². The minimum absolute atomic E-state index is 0.0861. The summed E-state index contributed by atoms with van der Waals surface area (Å²) in [6, 6.07) is 10.4. The first-order chi connectivity index (χ1) is 8.77. The first kappa shape index (κ1) is 13.7. The zero-order valence-corrected chi connectivity index (χ0v) is 12.8. The maximum Gasteiger partial charge on any atom is 0.139 e. The van der Waals surface area contributed by atoms with Crippen LogP contribution < -0.4 is 5.32 Å². The van der Waals surface area contributed by atoms with Crippen LogP contribution in [0.15, 0.2) is 50.4 Å². The molecule has 0 saturated heterocycles. The number of benzene rings is 1. The van der Waals surface area contributed by atoms with Crippen LogP contribution in [-0.2, 0) is 0 Å². The van der Waals surface area contributed by atoms with Crippen molar-refractivity contribution in [2.45, 2.75) is 17.9 Å². The summed E-state index contributed by atoms with van der Waals surface area (Å²) in [5.74, 6) is 0.929. The third kappa shape index (κ3) is 2.82. The summed E-state index contributed by atoms with van der Waals surface area (Å²) in [6.07, 6.45) is 3.81. The fourth-order valence-corrected chi connectivity index (χ4v) is 3.03. The number of hydrogen-bond acceptors (Lipinski definition) is 3. The van der Waals surface area contributed by atoms with Gasteiger partial charge < -0.3 is 9.73 Å². The predicted molar refractivity (Wildman–Crippen MR) is 80.2 cm³/mol. The molecule has 0 bridgehead atoms. The molecule has 0 aliphatic carbocycles. The van der Waals surface area contributed by atoms with Crippen molar-refractivity contribution >= 4 is 27.7 Å². The van der Waals surface area contributed by atoms with Gasteiger partial charge in [0.05, 0.1) is 16.8 Å². The molecule has 1 unspecified atom stereocenters. The van der Waals surface area contributed by atoms with Gasteiger partial charge in [0, 0.05) is 4.90 Å². The van der Waals surface area contributed by atoms with Crippen LogP contribution in [0.5, 0.6) is 0 Å². The normalized spacial score (nSPS) is 12.6. The van der Waals surface area contributed by atoms with E-state index in [2.05, 4.69) is 58.7 Å². The topological polar surface area (TPSA) is 25.2 Å². The van der Waals surface area contributed by atoms with Crippen molar-refractivity contribution < 1.29 is 4.42 Å². The minimum atomic E-state index is 0.0861. The third-order valence-corrected chi connectivity index (χ3v) is 4.23. The van der Waals surface area contributed by atoms with Gasteiger partial charge in [-0.05, 0) is 46.4 Å². The second-order valence-electron chi connectivity index (χ2n) is 3.87. The highest BCUT2D eigenvalue weighted by molar-refractivity contribution is 9.10. The Morgan fingerprint density at radius 2 is 2.11 bits per heavy atom. The highest BCUT2D eigenvalue weighted by atomic mass is 79.9. The van der Waals surface area contributed by atoms with Gasteiger partial charge in [-0.25, -0.2) is 0 Å². The smallest absolute Gasteiger partial charge is 0.139 e. The van der Waals surface area contributed by atoms with Crippen LogP contribution in [0.1, 0.15) is 24.3 Å². The second kappa shape index (κ2) is 6.45. The number of furan rings is 1. The fourth-order valence-electron chi connectivity index (χ4n) is 1.96. The van der Waals surface area contributed by atoms with Crippen molar-refractivity contribution in [3.05, 3.63) is 52.4 Å². The third-order valence-electron chi connectivity index (χ3n) is 2.77. The van der Waals surface area contributed by atoms with Crippen LogP contribution in [0.25, 0.3) is 0 Å². The molecule has 18 heavy (non-hydrogen) atoms. The van der Waals surface area contributed by atoms with Crippen molar-refractivity contribution in [1.29, 1.82) is 0 Å². The lowest BCUT2D eigenvalue weighted by Crippen LogP contribution is -2.22. The van der Waals surface area contributed by atoms with Crippen LogP contribution in [0.3, 0.4) is 0 Å². The standard InChI is InChI=1S/C14H16BrNOS/c1-3-16-13(14-11(15)8-9-17-14)10-6-4-5-7-12(10)18-2/h4-9,13,16H,3H2,1-2H3. The number of nitrogens with one attached hydrogen (secondary N) is 1. The molecule has 0 fully saturated rings. The van der Waals surface area contributed by atoms with Crippen molar-refractivity contribution in [3.8, 4) is 0 Å². The lowest BCUT2D eigenvalue weighted by atomic mass is 10.0. The molecule has 0 aliphatic rings. The van der Waals surface area contributed by atoms with E-state index in [4.69, 9.17) is 4.42 Å². The Balaban J connectivity index is 2.45. The highest BCUT2D eigenvalue weighted by Gasteiger charge is 2.21. The Hall–Kier alpha value is -0.710. The molecular formula is C14H16BrNOS. The summed E-state index contributed by atoms with van der Waals surface area (Å²) in [7, 11) is 0. The van der Waals surface area contributed by atoms with Crippen molar-refractivity contribution in [2.75, 3.05) is 12.8 Å². The molecule has 1 atom stereocenters. The molecule has 2 nitrogen and oxygen atoms in total. The van der Waals surface area contributed by atoms with Crippen LogP contribution >= 0.6 is 27.7 Å². The highest BCUT2D eigenvalue weighted by Crippen LogP contribution is 2.34. The van der Waals surface area contributed by atoms with Gasteiger partial charge >= 0.3 is 0 Å². The molecule has 0 aliphatic heterocycles. The molecule has 1 aromatic heterocycles. The lowest BCUT2D eigenvalue weighted by Gasteiger charge is -2.19. The molecule has 1 N–H and O–H groups in total. The quantitative estimate of drug-likeness (QED) is 0.821. The number of hydrogen-bond donors (Lipinski definition) is 1. The van der Waals surface area contributed by atoms with Crippen molar-refractivity contribution in [2.24, 2.45) is 0 Å². The molecule has 0 radical (unpaired) electrons. The molecule has 1 heterocycles. The molecule has 0 amide bonds. The summed E-state index contributed by atoms with van der Waals surface area (Å²) >= 11 is 5.30. The van der Waals surface area contributed by atoms with Gasteiger partial charge in [-0.1, -0.05) is 25.1 Å². The average molecular weight is 326 g/mol. The van der Waals surface area contributed by atoms with E-state index in [-0.39, 0.29) is 6.04 Å². The minimum Gasteiger partial charge on any atom is -0.466 e. The Bertz CT molecular complexity index is 512. The number of rotatable bonds is 5. The monoisotopic (exact) mass is 325 g/mol. The van der Waals surface area contributed by atoms with E-state index < -0.39 is 0 Å². The van der Waals surface area contributed by atoms with Crippen molar-refractivity contribution in [3.63, 3.8) is 0 Å². The number of halogens is 1. The van der Waals surface area contributed by atoms with Crippen LogP contribution in [0.4, 0.5) is 0 Å². The van der Waals surface area contributed by atoms with E-state index in [1.807, 2.05) is 6.07 Å². The molecule has 1 aromatic carbocycles. The molecular weight excluding hydrogens is 310 g/mol. The summed E-state index contributed by atoms with van der Waals surface area (Å²) in [5.41, 5.74) is 1.25. The van der Waals surface area contributed by atoms with E-state index >= 15 is 0 Å². The van der Waals surface area contributed by atoms with Crippen molar-refractivity contribution in [1.82, 2.24) is 5.32 Å². The lowest BCUT2D eigenvalue weighted by molar-refractivity contribution is 0.447. The zero-order valence-electron chi connectivity index (χ0n) is 10.4. The Labute approximate surface area is 120 Å². The van der Waals surface area contributed by atoms with E-state index in [0.29, 0.717) is 0 Å². The zero-order chi connectivity index (χ0) is 13.0. The van der Waals surface area contributed by atoms with E-state index in [9.17, 15) is 0 Å². The summed E-state index contributed by atoms with van der Waals surface area (Å²) in [5, 5.41) is 3.48. The molecule has 0 spiro atoms. The second-order valence-corrected chi connectivity index (χ2v) is 5.57. The SMILES string of the molecule is CCNC(c1ccccc1SC)c1occc1Br. The largest absolute Gasteiger partial charge is 0.466 e. The molecule has 4 heteroatoms. The van der Waals surface area contributed by atoms with Gasteiger partial charge in [0.25, 0.3) is 0 Å². The summed E-state index contributed by atoms with van der Waals surface area (Å²) in [4.78, 5) is 1.27. The van der Waals surface area contributed by atoms with E-state index in [1.54, 1.807) is 18.0 Å². The van der Waals surface area contributed by atoms with Gasteiger partial charge in [-0.15, -0.1) is 11.8 Å².